The monoisotopic (exact) mass is 253 g/mol. The maximum atomic E-state index is 11.8. The van der Waals surface area contributed by atoms with Gasteiger partial charge in [-0.05, 0) is 37.8 Å². The Hall–Kier alpha value is -1.36. The molecule has 0 aliphatic heterocycles. The minimum Gasteiger partial charge on any atom is -0.294 e. The third-order valence-electron chi connectivity index (χ3n) is 2.72. The molecule has 1 N–H and O–H groups in total. The zero-order valence-corrected chi connectivity index (χ0v) is 10.5. The van der Waals surface area contributed by atoms with Crippen molar-refractivity contribution in [3.8, 4) is 0 Å². The number of carbonyl (C=O) groups is 1. The van der Waals surface area contributed by atoms with Crippen LogP contribution in [0.15, 0.2) is 24.3 Å². The molecule has 4 nitrogen and oxygen atoms in total. The molecular weight excluding hydrogens is 238 g/mol. The van der Waals surface area contributed by atoms with Gasteiger partial charge in [0.1, 0.15) is 0 Å². The summed E-state index contributed by atoms with van der Waals surface area (Å²) in [6.07, 6.45) is 1.96. The number of para-hydroxylation sites is 1. The van der Waals surface area contributed by atoms with E-state index < -0.39 is 10.0 Å². The second kappa shape index (κ2) is 4.49. The topological polar surface area (TPSA) is 63.2 Å². The van der Waals surface area contributed by atoms with E-state index in [0.29, 0.717) is 11.3 Å². The zero-order chi connectivity index (χ0) is 12.5. The molecule has 0 spiro atoms. The maximum Gasteiger partial charge on any atom is 0.233 e. The van der Waals surface area contributed by atoms with Crippen molar-refractivity contribution in [1.82, 2.24) is 0 Å². The molecule has 5 heteroatoms. The minimum atomic E-state index is -3.33. The van der Waals surface area contributed by atoms with Gasteiger partial charge < -0.3 is 0 Å². The number of carbonyl (C=O) groups excluding carboxylic acids is 1. The van der Waals surface area contributed by atoms with Crippen LogP contribution >= 0.6 is 0 Å². The van der Waals surface area contributed by atoms with Crippen LogP contribution in [0.3, 0.4) is 0 Å². The Morgan fingerprint density at radius 1 is 1.35 bits per heavy atom. The van der Waals surface area contributed by atoms with Crippen LogP contribution in [0.5, 0.6) is 0 Å². The number of sulfonamides is 1. The molecule has 0 atom stereocenters. The number of hydrogen-bond acceptors (Lipinski definition) is 3. The molecule has 1 saturated carbocycles. The summed E-state index contributed by atoms with van der Waals surface area (Å²) in [7, 11) is -3.33. The molecule has 0 aromatic heterocycles. The van der Waals surface area contributed by atoms with Gasteiger partial charge in [-0.25, -0.2) is 8.42 Å². The number of hydrogen-bond donors (Lipinski definition) is 1. The van der Waals surface area contributed by atoms with E-state index in [0.717, 1.165) is 12.8 Å². The van der Waals surface area contributed by atoms with Gasteiger partial charge in [-0.3, -0.25) is 9.52 Å². The highest BCUT2D eigenvalue weighted by molar-refractivity contribution is 7.92. The van der Waals surface area contributed by atoms with Crippen molar-refractivity contribution < 1.29 is 13.2 Å². The van der Waals surface area contributed by atoms with E-state index in [2.05, 4.69) is 4.72 Å². The Labute approximate surface area is 101 Å². The summed E-state index contributed by atoms with van der Waals surface area (Å²) < 4.78 is 26.1. The Morgan fingerprint density at radius 3 is 2.59 bits per heavy atom. The van der Waals surface area contributed by atoms with Gasteiger partial charge in [0, 0.05) is 5.56 Å². The molecule has 0 saturated heterocycles. The van der Waals surface area contributed by atoms with Crippen molar-refractivity contribution in [3.05, 3.63) is 29.8 Å². The molecule has 92 valence electrons. The summed E-state index contributed by atoms with van der Waals surface area (Å²) in [6, 6.07) is 6.66. The summed E-state index contributed by atoms with van der Waals surface area (Å²) in [5.41, 5.74) is 0.785. The van der Waals surface area contributed by atoms with Crippen LogP contribution in [0.25, 0.3) is 0 Å². The molecule has 0 bridgehead atoms. The fourth-order valence-corrected chi connectivity index (χ4v) is 3.23. The van der Waals surface area contributed by atoms with Gasteiger partial charge in [-0.2, -0.15) is 0 Å². The lowest BCUT2D eigenvalue weighted by Crippen LogP contribution is -2.19. The first-order valence-electron chi connectivity index (χ1n) is 5.58. The molecule has 1 fully saturated rings. The highest BCUT2D eigenvalue weighted by atomic mass is 32.2. The summed E-state index contributed by atoms with van der Waals surface area (Å²) in [4.78, 5) is 11.4. The first kappa shape index (κ1) is 12.1. The van der Waals surface area contributed by atoms with Gasteiger partial charge in [0.15, 0.2) is 5.78 Å². The average Bonchev–Trinajstić information content (AvgIpc) is 3.00. The van der Waals surface area contributed by atoms with Crippen molar-refractivity contribution in [3.63, 3.8) is 0 Å². The van der Waals surface area contributed by atoms with Crippen LogP contribution in [0.2, 0.25) is 0 Å². The predicted molar refractivity (Wildman–Crippen MR) is 66.6 cm³/mol. The summed E-state index contributed by atoms with van der Waals surface area (Å²) in [6.45, 7) is 1.42. The molecule has 0 heterocycles. The van der Waals surface area contributed by atoms with Gasteiger partial charge in [-0.15, -0.1) is 0 Å². The first-order chi connectivity index (χ1) is 7.98. The van der Waals surface area contributed by atoms with Crippen molar-refractivity contribution in [1.29, 1.82) is 0 Å². The first-order valence-corrected chi connectivity index (χ1v) is 7.23. The molecule has 1 aromatic carbocycles. The van der Waals surface area contributed by atoms with Crippen molar-refractivity contribution in [2.75, 3.05) is 10.5 Å². The number of benzene rings is 1. The maximum absolute atomic E-state index is 11.8. The third kappa shape index (κ3) is 3.30. The van der Waals surface area contributed by atoms with Gasteiger partial charge >= 0.3 is 0 Å². The molecular formula is C12H15NO3S. The Balaban J connectivity index is 2.20. The molecule has 2 rings (SSSR count). The van der Waals surface area contributed by atoms with Gasteiger partial charge in [0.05, 0.1) is 11.4 Å². The molecule has 17 heavy (non-hydrogen) atoms. The largest absolute Gasteiger partial charge is 0.294 e. The van der Waals surface area contributed by atoms with E-state index in [4.69, 9.17) is 0 Å². The number of anilines is 1. The van der Waals surface area contributed by atoms with E-state index in [1.165, 1.54) is 6.92 Å². The molecule has 1 aromatic rings. The van der Waals surface area contributed by atoms with Crippen LogP contribution < -0.4 is 4.72 Å². The van der Waals surface area contributed by atoms with E-state index in [-0.39, 0.29) is 17.5 Å². The molecule has 1 aliphatic rings. The van der Waals surface area contributed by atoms with Crippen molar-refractivity contribution in [2.24, 2.45) is 5.92 Å². The molecule has 0 radical (unpaired) electrons. The number of rotatable bonds is 5. The number of Topliss-reactive ketones (excluding diaryl/α,β-unsaturated/α-hetero) is 1. The summed E-state index contributed by atoms with van der Waals surface area (Å²) in [5.74, 6) is 0.297. The number of ketones is 1. The van der Waals surface area contributed by atoms with Crippen LogP contribution in [0.4, 0.5) is 5.69 Å². The third-order valence-corrected chi connectivity index (χ3v) is 4.17. The predicted octanol–water partition coefficient (Wildman–Crippen LogP) is 2.04. The molecule has 0 unspecified atom stereocenters. The zero-order valence-electron chi connectivity index (χ0n) is 9.64. The van der Waals surface area contributed by atoms with Crippen LogP contribution in [0.1, 0.15) is 30.1 Å². The second-order valence-corrected chi connectivity index (χ2v) is 6.20. The average molecular weight is 253 g/mol. The lowest BCUT2D eigenvalue weighted by Gasteiger charge is -2.10. The van der Waals surface area contributed by atoms with Gasteiger partial charge in [0.2, 0.25) is 10.0 Å². The fourth-order valence-electron chi connectivity index (χ4n) is 1.68. The summed E-state index contributed by atoms with van der Waals surface area (Å²) in [5, 5.41) is 0. The SMILES string of the molecule is CC(=O)c1ccccc1NS(=O)(=O)CC1CC1. The van der Waals surface area contributed by atoms with E-state index in [1.54, 1.807) is 24.3 Å². The Bertz CT molecular complexity index is 532. The smallest absolute Gasteiger partial charge is 0.233 e. The molecule has 1 aliphatic carbocycles. The highest BCUT2D eigenvalue weighted by Crippen LogP contribution is 2.31. The minimum absolute atomic E-state index is 0.144. The van der Waals surface area contributed by atoms with Crippen molar-refractivity contribution in [2.45, 2.75) is 19.8 Å². The number of nitrogens with one attached hydrogen (secondary N) is 1. The van der Waals surface area contributed by atoms with Crippen LogP contribution in [-0.2, 0) is 10.0 Å². The van der Waals surface area contributed by atoms with E-state index in [9.17, 15) is 13.2 Å². The Kier molecular flexibility index (Phi) is 3.19. The van der Waals surface area contributed by atoms with E-state index >= 15 is 0 Å². The van der Waals surface area contributed by atoms with Crippen LogP contribution in [-0.4, -0.2) is 20.0 Å². The molecule has 0 amide bonds. The standard InChI is InChI=1S/C12H15NO3S/c1-9(14)11-4-2-3-5-12(11)13-17(15,16)8-10-6-7-10/h2-5,10,13H,6-8H2,1H3. The fraction of sp³-hybridized carbons (Fsp3) is 0.417. The van der Waals surface area contributed by atoms with Gasteiger partial charge in [0.25, 0.3) is 0 Å². The van der Waals surface area contributed by atoms with Crippen LogP contribution in [0, 0.1) is 5.92 Å². The van der Waals surface area contributed by atoms with Gasteiger partial charge in [-0.1, -0.05) is 12.1 Å². The normalized spacial score (nSPS) is 15.6. The lowest BCUT2D eigenvalue weighted by molar-refractivity contribution is 0.101. The second-order valence-electron chi connectivity index (χ2n) is 4.43. The highest BCUT2D eigenvalue weighted by Gasteiger charge is 2.28. The Morgan fingerprint density at radius 2 is 2.00 bits per heavy atom. The van der Waals surface area contributed by atoms with Crippen molar-refractivity contribution >= 4 is 21.5 Å². The van der Waals surface area contributed by atoms with E-state index in [1.807, 2.05) is 0 Å². The summed E-state index contributed by atoms with van der Waals surface area (Å²) >= 11 is 0. The lowest BCUT2D eigenvalue weighted by atomic mass is 10.1. The quantitative estimate of drug-likeness (QED) is 0.817.